The molecule has 0 unspecified atom stereocenters. The van der Waals surface area contributed by atoms with Crippen LogP contribution in [0.25, 0.3) is 11.5 Å². The molecule has 2 N–H and O–H groups in total. The fourth-order valence-corrected chi connectivity index (χ4v) is 0. The van der Waals surface area contributed by atoms with Crippen molar-refractivity contribution in [3.8, 4) is 0 Å². The fourth-order valence-electron chi connectivity index (χ4n) is 0. The maximum absolute atomic E-state index is 8.47. The Kier molecular flexibility index (Phi) is 74.8. The maximum Gasteiger partial charge on any atom is 0.0344 e. The van der Waals surface area contributed by atoms with Crippen LogP contribution in [0.1, 0.15) is 0 Å². The largest absolute Gasteiger partial charge is 0.671 e. The second kappa shape index (κ2) is 33.4. The molecule has 0 atom stereocenters. The summed E-state index contributed by atoms with van der Waals surface area (Å²) in [4.78, 5) is 16.9. The second-order valence-electron chi connectivity index (χ2n) is 0.236. The van der Waals surface area contributed by atoms with Gasteiger partial charge in [-0.1, -0.05) is 0 Å². The summed E-state index contributed by atoms with van der Waals surface area (Å²) in [7, 11) is 0. The second-order valence-corrected chi connectivity index (χ2v) is 0.236. The van der Waals surface area contributed by atoms with Crippen LogP contribution in [-0.4, -0.2) is 12.8 Å². The van der Waals surface area contributed by atoms with Crippen molar-refractivity contribution < 1.29 is 50.9 Å². The van der Waals surface area contributed by atoms with Crippen molar-refractivity contribution >= 4 is 12.8 Å². The van der Waals surface area contributed by atoms with E-state index < -0.39 is 0 Å². The Bertz CT molecular complexity index is 34.7. The van der Waals surface area contributed by atoms with E-state index in [0.717, 1.165) is 0 Å². The molecule has 0 saturated carbocycles. The molecule has 0 aromatic rings. The predicted molar refractivity (Wildman–Crippen MR) is 20.8 cm³/mol. The molecule has 0 aromatic carbocycles. The smallest absolute Gasteiger partial charge is 0.0344 e. The standard InChI is InChI=1S/2CH3NO.Pr/c2*2-1-3;/h2*1H,(H2,2,3);/p-2. The minimum Gasteiger partial charge on any atom is -0.671 e. The fraction of sp³-hybridized carbons (Fsp3) is 0. The molecule has 0 aliphatic rings. The average molecular weight is 229 g/mol. The van der Waals surface area contributed by atoms with Crippen molar-refractivity contribution in [3.05, 3.63) is 11.5 Å². The van der Waals surface area contributed by atoms with Gasteiger partial charge in [-0.15, -0.1) is 0 Å². The summed E-state index contributed by atoms with van der Waals surface area (Å²) in [5.41, 5.74) is 11.1. The summed E-state index contributed by atoms with van der Waals surface area (Å²) in [5.74, 6) is 0. The number of amides is 2. The monoisotopic (exact) mass is 229 g/mol. The van der Waals surface area contributed by atoms with Crippen LogP contribution < -0.4 is 0 Å². The van der Waals surface area contributed by atoms with Crippen molar-refractivity contribution in [3.63, 3.8) is 0 Å². The van der Waals surface area contributed by atoms with Gasteiger partial charge in [-0.3, -0.25) is 0 Å². The first kappa shape index (κ1) is 15.7. The van der Waals surface area contributed by atoms with Gasteiger partial charge in [-0.2, -0.15) is 0 Å². The number of carbonyl (C=O) groups is 2. The van der Waals surface area contributed by atoms with Crippen LogP contribution in [0.5, 0.6) is 0 Å². The molecule has 7 heavy (non-hydrogen) atoms. The molecule has 0 spiro atoms. The van der Waals surface area contributed by atoms with Gasteiger partial charge in [-0.05, 0) is 0 Å². The summed E-state index contributed by atoms with van der Waals surface area (Å²) in [5, 5.41) is 0. The Labute approximate surface area is 74.6 Å². The van der Waals surface area contributed by atoms with E-state index in [-0.39, 0.29) is 54.1 Å². The quantitative estimate of drug-likeness (QED) is 0.563. The first-order chi connectivity index (χ1) is 2.83. The SMILES string of the molecule is [NH-]C=O.[NH-]C=O.[Pr]. The van der Waals surface area contributed by atoms with E-state index in [4.69, 9.17) is 21.1 Å². The van der Waals surface area contributed by atoms with E-state index in [9.17, 15) is 0 Å². The molecule has 0 bridgehead atoms. The zero-order valence-corrected chi connectivity index (χ0v) is 7.25. The number of carbonyl (C=O) groups excluding carboxylic acids is 2. The van der Waals surface area contributed by atoms with Gasteiger partial charge in [-0.25, -0.2) is 0 Å². The van der Waals surface area contributed by atoms with Crippen LogP contribution in [0, 0.1) is 41.3 Å². The average Bonchev–Trinajstić information content (AvgIpc) is 1.39. The third kappa shape index (κ3) is 1270. The third-order valence-corrected chi connectivity index (χ3v) is 0. The van der Waals surface area contributed by atoms with E-state index in [1.807, 2.05) is 0 Å². The first-order valence-electron chi connectivity index (χ1n) is 1.05. The zero-order chi connectivity index (χ0) is 5.41. The van der Waals surface area contributed by atoms with Gasteiger partial charge in [0.15, 0.2) is 0 Å². The van der Waals surface area contributed by atoms with E-state index in [1.54, 1.807) is 0 Å². The Morgan fingerprint density at radius 3 is 1.00 bits per heavy atom. The Morgan fingerprint density at radius 2 is 1.00 bits per heavy atom. The minimum absolute atomic E-state index is 0. The van der Waals surface area contributed by atoms with Crippen LogP contribution in [0.4, 0.5) is 0 Å². The normalized spacial score (nSPS) is 3.43. The molecule has 2 amide bonds. The summed E-state index contributed by atoms with van der Waals surface area (Å²) in [6.07, 6.45) is 0. The molecule has 4 nitrogen and oxygen atoms in total. The molecular weight excluding hydrogens is 225 g/mol. The Morgan fingerprint density at radius 1 is 1.00 bits per heavy atom. The molecule has 0 saturated heterocycles. The van der Waals surface area contributed by atoms with Crippen LogP contribution in [0.3, 0.4) is 0 Å². The van der Waals surface area contributed by atoms with E-state index in [0.29, 0.717) is 0 Å². The van der Waals surface area contributed by atoms with Gasteiger partial charge < -0.3 is 21.1 Å². The van der Waals surface area contributed by atoms with Crippen molar-refractivity contribution in [2.75, 3.05) is 0 Å². The molecule has 1 radical (unpaired) electrons. The Balaban J connectivity index is -0.0000000400. The third-order valence-electron chi connectivity index (χ3n) is 0. The molecule has 0 heterocycles. The topological polar surface area (TPSA) is 81.7 Å². The predicted octanol–water partition coefficient (Wildman–Crippen LogP) is 0.390. The van der Waals surface area contributed by atoms with Gasteiger partial charge in [0.2, 0.25) is 0 Å². The Hall–Kier alpha value is 0.304. The van der Waals surface area contributed by atoms with Crippen molar-refractivity contribution in [1.82, 2.24) is 0 Å². The van der Waals surface area contributed by atoms with Crippen molar-refractivity contribution in [2.45, 2.75) is 0 Å². The first-order valence-corrected chi connectivity index (χ1v) is 1.05. The van der Waals surface area contributed by atoms with Crippen LogP contribution in [0.2, 0.25) is 0 Å². The number of hydrogen-bond donors (Lipinski definition) is 0. The van der Waals surface area contributed by atoms with Crippen LogP contribution >= 0.6 is 0 Å². The summed E-state index contributed by atoms with van der Waals surface area (Å²) in [6, 6.07) is 0. The van der Waals surface area contributed by atoms with Gasteiger partial charge in [0.25, 0.3) is 0 Å². The minimum atomic E-state index is 0. The molecule has 0 aliphatic heterocycles. The van der Waals surface area contributed by atoms with E-state index in [1.165, 1.54) is 0 Å². The van der Waals surface area contributed by atoms with E-state index in [2.05, 4.69) is 0 Å². The molecule has 0 rings (SSSR count). The zero-order valence-electron chi connectivity index (χ0n) is 3.55. The molecule has 0 fully saturated rings. The summed E-state index contributed by atoms with van der Waals surface area (Å²) >= 11 is 0. The van der Waals surface area contributed by atoms with Gasteiger partial charge in [0.1, 0.15) is 0 Å². The molecule has 0 aliphatic carbocycles. The van der Waals surface area contributed by atoms with Gasteiger partial charge >= 0.3 is 0 Å². The molecule has 5 heteroatoms. The maximum atomic E-state index is 8.47. The molecular formula is C2H4N2O2Pr-2. The molecule has 39 valence electrons. The van der Waals surface area contributed by atoms with Crippen LogP contribution in [-0.2, 0) is 9.59 Å². The van der Waals surface area contributed by atoms with Crippen molar-refractivity contribution in [2.24, 2.45) is 0 Å². The van der Waals surface area contributed by atoms with Crippen molar-refractivity contribution in [1.29, 1.82) is 0 Å². The molecule has 0 aromatic heterocycles. The van der Waals surface area contributed by atoms with E-state index >= 15 is 0 Å². The number of rotatable bonds is 0. The van der Waals surface area contributed by atoms with Crippen LogP contribution in [0.15, 0.2) is 0 Å². The summed E-state index contributed by atoms with van der Waals surface area (Å²) < 4.78 is 0. The van der Waals surface area contributed by atoms with Gasteiger partial charge in [0.05, 0.1) is 0 Å². The summed E-state index contributed by atoms with van der Waals surface area (Å²) in [6.45, 7) is 0. The number of nitrogens with one attached hydrogen (secondary N) is 2. The van der Waals surface area contributed by atoms with Gasteiger partial charge in [0, 0.05) is 54.1 Å². The number of hydrogen-bond acceptors (Lipinski definition) is 2.